The molecule has 27 N–H and O–H groups in total. The topological polar surface area (TPSA) is 757 Å². The number of primary amides is 1. The molecular formula is C78H119N33O19S. The molecule has 0 aromatic carbocycles. The standard InChI is InChI=1S/C78H119N33O19S/c1-43-68(120)92-36-65(118)111-24-11-16-57(111)76(128)102-55(29-47-38-109(108-106-47)22-8-5-12-48(79)69(121)89-34-62(115)98-53(73(125)95-43)26-44-30-83-41-93-44)75(127)100-51(13-4-7-19-85-59(112)18-3-2-17-58-66-56(40-131-58)103-78(129)104-66)70(122)86-21-25-130-39-64(117)97-49-14-6-9-23-110-37-46(105-107-110)28-52(67(80)119)101-74(126)54(27-45-31-84-42-94-45)99-63(116)35-91-72(124)50(15-10-20-87-77(81)82)96-61(114)33-88-60(113)32-90-71(49)123/h30-31,37-38,41-43,48-58,66H,2-29,32-36,39-40,79H2,1H3,(H2,80,119)(H,83,93)(H,84,94)(H,85,112)(H,86,122)(H,88,113)(H,89,121)(H,90,123)(H,91,124)(H,92,120)(H,95,125)(H,96,114)(H,97,117)(H,98,115)(H,99,116)(H,100,127)(H,101,126)(H,102,128)(H4,81,82,87)(H2,103,104,129)/t43-,48+,49+,50-,51+,52+,53-,54-,55+,56+,57-,58+,66+/m1/s1. The number of unbranched alkanes of at least 4 members (excludes halogenated alkanes) is 2. The Balaban J connectivity index is 0.855. The number of fused-ring (bicyclic) bond motifs is 6. The Morgan fingerprint density at radius 1 is 0.565 bits per heavy atom. The van der Waals surface area contributed by atoms with Crippen LogP contribution in [0.1, 0.15) is 139 Å². The number of aromatic nitrogens is 10. The number of carbonyl (C=O) groups excluding carboxylic acids is 18. The number of urea groups is 1. The molecule has 0 aliphatic carbocycles. The van der Waals surface area contributed by atoms with Gasteiger partial charge in [0, 0.05) is 107 Å². The molecule has 0 unspecified atom stereocenters. The molecule has 3 saturated heterocycles. The van der Waals surface area contributed by atoms with Gasteiger partial charge in [0.05, 0.1) is 92.9 Å². The number of nitrogens with two attached hydrogens (primary N) is 3. The normalized spacial score (nSPS) is 24.1. The zero-order valence-corrected chi connectivity index (χ0v) is 73.5. The molecule has 5 aliphatic heterocycles. The average molecular weight is 1860 g/mol. The second kappa shape index (κ2) is 52.2. The highest BCUT2D eigenvalue weighted by Gasteiger charge is 2.43. The Kier molecular flexibility index (Phi) is 40.4. The van der Waals surface area contributed by atoms with Crippen molar-refractivity contribution >= 4 is 124 Å². The van der Waals surface area contributed by atoms with Gasteiger partial charge in [0.15, 0.2) is 5.96 Å². The number of H-pyrrole nitrogens is 2. The zero-order valence-electron chi connectivity index (χ0n) is 72.6. The maximum atomic E-state index is 15.0. The first kappa shape index (κ1) is 101. The van der Waals surface area contributed by atoms with Gasteiger partial charge in [0.25, 0.3) is 0 Å². The van der Waals surface area contributed by atoms with Crippen LogP contribution in [0.3, 0.4) is 0 Å². The minimum absolute atomic E-state index is 0.0248. The fourth-order valence-corrected chi connectivity index (χ4v) is 16.5. The molecule has 716 valence electrons. The summed E-state index contributed by atoms with van der Waals surface area (Å²) in [4.78, 5) is 260. The van der Waals surface area contributed by atoms with Gasteiger partial charge in [-0.2, -0.15) is 11.8 Å². The molecule has 0 saturated carbocycles. The Labute approximate surface area is 755 Å². The maximum absolute atomic E-state index is 15.0. The number of rotatable bonds is 28. The highest BCUT2D eigenvalue weighted by atomic mass is 32.2. The van der Waals surface area contributed by atoms with E-state index in [1.165, 1.54) is 58.6 Å². The first-order chi connectivity index (χ1) is 62.9. The summed E-state index contributed by atoms with van der Waals surface area (Å²) >= 11 is 1.78. The number of aromatic amines is 2. The third-order valence-electron chi connectivity index (χ3n) is 21.9. The Bertz CT molecular complexity index is 4610. The van der Waals surface area contributed by atoms with E-state index in [0.717, 1.165) is 18.6 Å². The van der Waals surface area contributed by atoms with Gasteiger partial charge in [-0.1, -0.05) is 16.8 Å². The van der Waals surface area contributed by atoms with Crippen molar-refractivity contribution < 1.29 is 91.0 Å². The first-order valence-corrected chi connectivity index (χ1v) is 44.7. The molecule has 0 radical (unpaired) electrons. The quantitative estimate of drug-likeness (QED) is 0.0109. The number of nitrogens with one attached hydrogen (secondary N) is 21. The van der Waals surface area contributed by atoms with Gasteiger partial charge in [-0.05, 0) is 103 Å². The molecule has 131 heavy (non-hydrogen) atoms. The van der Waals surface area contributed by atoms with Crippen molar-refractivity contribution in [3.63, 3.8) is 0 Å². The van der Waals surface area contributed by atoms with E-state index in [0.29, 0.717) is 49.9 Å². The fraction of sp³-hybridized carbons (Fsp3) is 0.628. The van der Waals surface area contributed by atoms with Crippen LogP contribution >= 0.6 is 11.8 Å². The van der Waals surface area contributed by atoms with E-state index < -0.39 is 194 Å². The van der Waals surface area contributed by atoms with E-state index in [1.807, 2.05) is 0 Å². The molecule has 4 aromatic rings. The summed E-state index contributed by atoms with van der Waals surface area (Å²) in [6.07, 6.45) is 12.7. The Morgan fingerprint density at radius 2 is 1.17 bits per heavy atom. The summed E-state index contributed by atoms with van der Waals surface area (Å²) in [5, 5.41) is 71.5. The summed E-state index contributed by atoms with van der Waals surface area (Å²) in [5.41, 5.74) is 18.5. The highest BCUT2D eigenvalue weighted by molar-refractivity contribution is 8.00. The molecule has 9 rings (SSSR count). The number of hydrogen-bond donors (Lipinski definition) is 24. The summed E-state index contributed by atoms with van der Waals surface area (Å²) in [6.45, 7) is -2.50. The lowest BCUT2D eigenvalue weighted by Gasteiger charge is -2.27. The molecule has 4 aromatic heterocycles. The van der Waals surface area contributed by atoms with E-state index in [1.54, 1.807) is 11.8 Å². The third kappa shape index (κ3) is 34.5. The average Bonchev–Trinajstić information content (AvgIpc) is 1.68. The molecule has 52 nitrogen and oxygen atoms in total. The van der Waals surface area contributed by atoms with Crippen molar-refractivity contribution in [3.05, 3.63) is 60.2 Å². The molecule has 4 bridgehead atoms. The van der Waals surface area contributed by atoms with E-state index in [9.17, 15) is 86.3 Å². The molecule has 13 atom stereocenters. The van der Waals surface area contributed by atoms with Crippen LogP contribution in [-0.4, -0.2) is 323 Å². The largest absolute Gasteiger partial charge is 0.370 e. The number of guanidine groups is 1. The number of thioether (sulfide) groups is 1. The second-order valence-corrected chi connectivity index (χ2v) is 33.5. The predicted molar refractivity (Wildman–Crippen MR) is 462 cm³/mol. The number of amides is 19. The minimum atomic E-state index is -1.50. The van der Waals surface area contributed by atoms with Gasteiger partial charge in [-0.3, -0.25) is 96.3 Å². The van der Waals surface area contributed by atoms with Crippen molar-refractivity contribution in [2.24, 2.45) is 17.2 Å². The SMILES string of the molecule is C[C@H]1NC(=O)[C@@H](Cc2c[nH]cn2)NC(=O)CNC(=O)[C@@H](N)CCCCn2cc(nn2)C[C@@H](C(=O)N[C@@H](CCCCNC(=O)CCCC[C@@H]2SC[C@@H]3NC(=O)N[C@@H]32)C(=O)NCCOCC(=O)N[C@H]2CCCCn3cc(nn3)C[C@@H](C(N)=O)NC(=O)[C@@H](Cc3c[nH]cn3)NC(=O)CNC(=O)[C@@H](CCCNC(=N)N)NC(=O)CNC(=O)CNC2=O)NC(=O)[C@H]2CCCN2C(=O)CNC1=O. The van der Waals surface area contributed by atoms with Crippen molar-refractivity contribution in [3.8, 4) is 0 Å². The van der Waals surface area contributed by atoms with Crippen molar-refractivity contribution in [1.82, 2.24) is 151 Å². The zero-order chi connectivity index (χ0) is 94.3. The van der Waals surface area contributed by atoms with E-state index in [-0.39, 0.29) is 176 Å². The minimum Gasteiger partial charge on any atom is -0.370 e. The number of carbonyl (C=O) groups is 18. The smallest absolute Gasteiger partial charge is 0.315 e. The van der Waals surface area contributed by atoms with Crippen LogP contribution < -0.4 is 113 Å². The van der Waals surface area contributed by atoms with Crippen LogP contribution in [-0.2, 0) is 125 Å². The first-order valence-electron chi connectivity index (χ1n) is 43.6. The number of ether oxygens (including phenoxy) is 1. The van der Waals surface area contributed by atoms with Crippen LogP contribution in [0.2, 0.25) is 0 Å². The van der Waals surface area contributed by atoms with Crippen LogP contribution in [0.5, 0.6) is 0 Å². The third-order valence-corrected chi connectivity index (χ3v) is 23.4. The lowest BCUT2D eigenvalue weighted by Crippen LogP contribution is -2.58. The fourth-order valence-electron chi connectivity index (χ4n) is 14.9. The number of imidazole rings is 2. The van der Waals surface area contributed by atoms with Gasteiger partial charge in [-0.15, -0.1) is 10.2 Å². The number of hydrogen-bond acceptors (Lipinski definition) is 28. The highest BCUT2D eigenvalue weighted by Crippen LogP contribution is 2.33. The van der Waals surface area contributed by atoms with Crippen LogP contribution in [0.4, 0.5) is 4.79 Å². The van der Waals surface area contributed by atoms with Gasteiger partial charge < -0.3 is 133 Å². The van der Waals surface area contributed by atoms with Crippen molar-refractivity contribution in [2.45, 2.75) is 233 Å². The number of aryl methyl sites for hydroxylation is 2. The molecule has 53 heteroatoms. The van der Waals surface area contributed by atoms with Crippen molar-refractivity contribution in [2.75, 3.05) is 77.9 Å². The summed E-state index contributed by atoms with van der Waals surface area (Å²) in [6, 6.07) is -13.2. The van der Waals surface area contributed by atoms with E-state index in [2.05, 4.69) is 136 Å². The lowest BCUT2D eigenvalue weighted by molar-refractivity contribution is -0.140. The monoisotopic (exact) mass is 1850 g/mol. The molecular weight excluding hydrogens is 1740 g/mol. The van der Waals surface area contributed by atoms with Gasteiger partial charge in [0.2, 0.25) is 100 Å². The van der Waals surface area contributed by atoms with E-state index in [4.69, 9.17) is 27.3 Å². The summed E-state index contributed by atoms with van der Waals surface area (Å²) in [5.74, 6) is -12.8. The number of nitrogens with zero attached hydrogens (tertiary/aromatic N) is 9. The molecule has 3 fully saturated rings. The summed E-state index contributed by atoms with van der Waals surface area (Å²) in [7, 11) is 0. The Morgan fingerprint density at radius 3 is 1.82 bits per heavy atom. The lowest BCUT2D eigenvalue weighted by atomic mass is 10.0. The molecule has 9 heterocycles. The maximum Gasteiger partial charge on any atom is 0.315 e. The van der Waals surface area contributed by atoms with Gasteiger partial charge >= 0.3 is 6.03 Å². The molecule has 5 aliphatic rings. The second-order valence-electron chi connectivity index (χ2n) is 32.2. The van der Waals surface area contributed by atoms with Crippen molar-refractivity contribution in [1.29, 1.82) is 5.41 Å². The van der Waals surface area contributed by atoms with Crippen LogP contribution in [0.25, 0.3) is 0 Å². The van der Waals surface area contributed by atoms with E-state index >= 15 is 0 Å². The van der Waals surface area contributed by atoms with Gasteiger partial charge in [0.1, 0.15) is 61.0 Å². The Hall–Kier alpha value is -13.5. The predicted octanol–water partition coefficient (Wildman–Crippen LogP) is -10.4. The van der Waals surface area contributed by atoms with Crippen LogP contribution in [0, 0.1) is 5.41 Å². The summed E-state index contributed by atoms with van der Waals surface area (Å²) < 4.78 is 8.59. The van der Waals surface area contributed by atoms with Crippen LogP contribution in [0.15, 0.2) is 37.4 Å². The molecule has 19 amide bonds. The molecule has 0 spiro atoms. The van der Waals surface area contributed by atoms with Gasteiger partial charge in [-0.25, -0.2) is 14.8 Å².